The molecule has 0 aliphatic carbocycles. The minimum absolute atomic E-state index is 0.0147. The average molecular weight is 289 g/mol. The van der Waals surface area contributed by atoms with Gasteiger partial charge in [-0.05, 0) is 42.9 Å². The smallest absolute Gasteiger partial charge is 0.141 e. The molecule has 21 heavy (non-hydrogen) atoms. The van der Waals surface area contributed by atoms with Gasteiger partial charge >= 0.3 is 0 Å². The van der Waals surface area contributed by atoms with E-state index in [2.05, 4.69) is 6.92 Å². The molecule has 114 valence electrons. The number of nitrogens with zero attached hydrogens (tertiary/aromatic N) is 1. The first-order valence-corrected chi connectivity index (χ1v) is 8.05. The van der Waals surface area contributed by atoms with Crippen LogP contribution in [0.5, 0.6) is 0 Å². The summed E-state index contributed by atoms with van der Waals surface area (Å²) in [5.41, 5.74) is 0.958. The molecule has 2 rings (SSSR count). The Balaban J connectivity index is 1.81. The molecule has 0 bridgehead atoms. The highest BCUT2D eigenvalue weighted by Gasteiger charge is 2.23. The Morgan fingerprint density at radius 3 is 2.76 bits per heavy atom. The van der Waals surface area contributed by atoms with E-state index in [1.165, 1.54) is 38.2 Å². The molecule has 0 aromatic heterocycles. The van der Waals surface area contributed by atoms with Crippen molar-refractivity contribution in [3.05, 3.63) is 35.1 Å². The van der Waals surface area contributed by atoms with Crippen LogP contribution in [0.4, 0.5) is 4.39 Å². The first kappa shape index (κ1) is 16.0. The molecule has 1 aromatic carbocycles. The molecule has 0 radical (unpaired) electrons. The van der Waals surface area contributed by atoms with Gasteiger partial charge in [0, 0.05) is 0 Å². The van der Waals surface area contributed by atoms with Crippen molar-refractivity contribution in [1.29, 1.82) is 5.26 Å². The fraction of sp³-hybridized carbons (Fsp3) is 0.611. The Morgan fingerprint density at radius 1 is 1.29 bits per heavy atom. The number of hydrogen-bond donors (Lipinski definition) is 0. The van der Waals surface area contributed by atoms with E-state index in [1.807, 2.05) is 12.1 Å². The van der Waals surface area contributed by atoms with Crippen LogP contribution in [0, 0.1) is 23.1 Å². The fourth-order valence-corrected chi connectivity index (χ4v) is 2.98. The number of rotatable bonds is 6. The lowest BCUT2D eigenvalue weighted by Crippen LogP contribution is -2.20. The second-order valence-corrected chi connectivity index (χ2v) is 5.97. The summed E-state index contributed by atoms with van der Waals surface area (Å²) in [5.74, 6) is 0.210. The molecule has 1 aliphatic heterocycles. The molecule has 1 heterocycles. The van der Waals surface area contributed by atoms with Crippen molar-refractivity contribution in [3.8, 4) is 6.07 Å². The van der Waals surface area contributed by atoms with Crippen LogP contribution >= 0.6 is 0 Å². The standard InChI is InChI=1S/C18H24FNO/c1-2-3-4-5-6-14-7-10-18(21-13-14)15-8-9-16(12-20)17(19)11-15/h8-9,11,14,18H,2-7,10,13H2,1H3. The van der Waals surface area contributed by atoms with Crippen molar-refractivity contribution >= 4 is 0 Å². The van der Waals surface area contributed by atoms with Crippen LogP contribution in [-0.4, -0.2) is 6.61 Å². The molecule has 1 fully saturated rings. The van der Waals surface area contributed by atoms with Crippen LogP contribution in [0.25, 0.3) is 0 Å². The van der Waals surface area contributed by atoms with Gasteiger partial charge in [0.05, 0.1) is 18.3 Å². The van der Waals surface area contributed by atoms with E-state index in [-0.39, 0.29) is 11.7 Å². The largest absolute Gasteiger partial charge is 0.373 e. The third-order valence-corrected chi connectivity index (χ3v) is 4.32. The topological polar surface area (TPSA) is 33.0 Å². The number of nitriles is 1. The van der Waals surface area contributed by atoms with Crippen LogP contribution in [0.3, 0.4) is 0 Å². The third kappa shape index (κ3) is 4.54. The zero-order valence-electron chi connectivity index (χ0n) is 12.8. The van der Waals surface area contributed by atoms with Gasteiger partial charge in [0.1, 0.15) is 11.9 Å². The first-order valence-electron chi connectivity index (χ1n) is 8.05. The highest BCUT2D eigenvalue weighted by molar-refractivity contribution is 5.34. The second-order valence-electron chi connectivity index (χ2n) is 5.97. The molecule has 1 saturated heterocycles. The van der Waals surface area contributed by atoms with E-state index in [0.717, 1.165) is 25.0 Å². The van der Waals surface area contributed by atoms with Crippen LogP contribution in [0.15, 0.2) is 18.2 Å². The maximum atomic E-state index is 13.6. The van der Waals surface area contributed by atoms with Gasteiger partial charge in [-0.3, -0.25) is 0 Å². The molecule has 0 N–H and O–H groups in total. The fourth-order valence-electron chi connectivity index (χ4n) is 2.98. The molecule has 1 aliphatic rings. The summed E-state index contributed by atoms with van der Waals surface area (Å²) in [6.45, 7) is 3.00. The van der Waals surface area contributed by atoms with Gasteiger partial charge in [-0.15, -0.1) is 0 Å². The maximum Gasteiger partial charge on any atom is 0.141 e. The van der Waals surface area contributed by atoms with E-state index in [9.17, 15) is 4.39 Å². The second kappa shape index (κ2) is 8.14. The van der Waals surface area contributed by atoms with Gasteiger partial charge in [0.15, 0.2) is 0 Å². The number of unbranched alkanes of at least 4 members (excludes halogenated alkanes) is 3. The van der Waals surface area contributed by atoms with E-state index in [1.54, 1.807) is 6.07 Å². The monoisotopic (exact) mass is 289 g/mol. The van der Waals surface area contributed by atoms with E-state index >= 15 is 0 Å². The SMILES string of the molecule is CCCCCCC1CCC(c2ccc(C#N)c(F)c2)OC1. The molecular formula is C18H24FNO. The van der Waals surface area contributed by atoms with Crippen molar-refractivity contribution in [3.63, 3.8) is 0 Å². The highest BCUT2D eigenvalue weighted by Crippen LogP contribution is 2.33. The number of halogens is 1. The lowest BCUT2D eigenvalue weighted by atomic mass is 9.90. The zero-order valence-corrected chi connectivity index (χ0v) is 12.8. The first-order chi connectivity index (χ1) is 10.2. The molecule has 2 atom stereocenters. The van der Waals surface area contributed by atoms with Gasteiger partial charge in [-0.25, -0.2) is 4.39 Å². The van der Waals surface area contributed by atoms with Crippen molar-refractivity contribution in [2.24, 2.45) is 5.92 Å². The minimum Gasteiger partial charge on any atom is -0.373 e. The molecule has 0 spiro atoms. The van der Waals surface area contributed by atoms with Gasteiger partial charge in [-0.1, -0.05) is 38.7 Å². The predicted molar refractivity (Wildman–Crippen MR) is 81.3 cm³/mol. The molecule has 0 amide bonds. The number of ether oxygens (including phenoxy) is 1. The Kier molecular flexibility index (Phi) is 6.20. The summed E-state index contributed by atoms with van der Waals surface area (Å²) in [7, 11) is 0. The van der Waals surface area contributed by atoms with E-state index in [0.29, 0.717) is 5.92 Å². The lowest BCUT2D eigenvalue weighted by molar-refractivity contribution is -0.0200. The van der Waals surface area contributed by atoms with Crippen LogP contribution in [0.2, 0.25) is 0 Å². The summed E-state index contributed by atoms with van der Waals surface area (Å²) in [6.07, 6.45) is 8.53. The molecule has 1 aromatic rings. The minimum atomic E-state index is -0.444. The van der Waals surface area contributed by atoms with E-state index in [4.69, 9.17) is 10.00 Å². The molecular weight excluding hydrogens is 265 g/mol. The van der Waals surface area contributed by atoms with Crippen LogP contribution in [0.1, 0.15) is 69.1 Å². The Labute approximate surface area is 126 Å². The molecule has 3 heteroatoms. The molecule has 2 unspecified atom stereocenters. The van der Waals surface area contributed by atoms with Gasteiger partial charge in [0.2, 0.25) is 0 Å². The summed E-state index contributed by atoms with van der Waals surface area (Å²) in [6, 6.07) is 6.66. The van der Waals surface area contributed by atoms with E-state index < -0.39 is 5.82 Å². The summed E-state index contributed by atoms with van der Waals surface area (Å²) in [4.78, 5) is 0. The third-order valence-electron chi connectivity index (χ3n) is 4.32. The maximum absolute atomic E-state index is 13.6. The van der Waals surface area contributed by atoms with Gasteiger partial charge < -0.3 is 4.74 Å². The number of benzene rings is 1. The normalized spacial score (nSPS) is 22.0. The molecule has 0 saturated carbocycles. The lowest BCUT2D eigenvalue weighted by Gasteiger charge is -2.29. The van der Waals surface area contributed by atoms with Gasteiger partial charge in [-0.2, -0.15) is 5.26 Å². The van der Waals surface area contributed by atoms with Crippen LogP contribution < -0.4 is 0 Å². The quantitative estimate of drug-likeness (QED) is 0.680. The summed E-state index contributed by atoms with van der Waals surface area (Å²) >= 11 is 0. The predicted octanol–water partition coefficient (Wildman–Crippen LogP) is 5.14. The average Bonchev–Trinajstić information content (AvgIpc) is 2.52. The van der Waals surface area contributed by atoms with Crippen molar-refractivity contribution in [2.75, 3.05) is 6.61 Å². The highest BCUT2D eigenvalue weighted by atomic mass is 19.1. The Bertz CT molecular complexity index is 486. The van der Waals surface area contributed by atoms with Crippen molar-refractivity contribution < 1.29 is 9.13 Å². The molecule has 2 nitrogen and oxygen atoms in total. The van der Waals surface area contributed by atoms with Crippen molar-refractivity contribution in [2.45, 2.75) is 58.0 Å². The zero-order chi connectivity index (χ0) is 15.1. The summed E-state index contributed by atoms with van der Waals surface area (Å²) < 4.78 is 19.6. The Hall–Kier alpha value is -1.40. The Morgan fingerprint density at radius 2 is 2.14 bits per heavy atom. The van der Waals surface area contributed by atoms with Crippen molar-refractivity contribution in [1.82, 2.24) is 0 Å². The van der Waals surface area contributed by atoms with Crippen LogP contribution in [-0.2, 0) is 4.74 Å². The summed E-state index contributed by atoms with van der Waals surface area (Å²) in [5, 5.41) is 8.75. The number of hydrogen-bond acceptors (Lipinski definition) is 2. The van der Waals surface area contributed by atoms with Gasteiger partial charge in [0.25, 0.3) is 0 Å².